The number of nitro groups is 1. The lowest BCUT2D eigenvalue weighted by Gasteiger charge is -2.04. The van der Waals surface area contributed by atoms with Crippen LogP contribution in [0.2, 0.25) is 0 Å². The summed E-state index contributed by atoms with van der Waals surface area (Å²) in [6.45, 7) is 0. The number of furan rings is 1. The van der Waals surface area contributed by atoms with Crippen LogP contribution in [0.1, 0.15) is 5.76 Å². The molecule has 2 heterocycles. The first kappa shape index (κ1) is 10.8. The van der Waals surface area contributed by atoms with Crippen molar-refractivity contribution in [3.63, 3.8) is 0 Å². The van der Waals surface area contributed by atoms with Crippen molar-refractivity contribution in [3.05, 3.63) is 33.7 Å². The van der Waals surface area contributed by atoms with E-state index in [4.69, 9.17) is 10.3 Å². The van der Waals surface area contributed by atoms with E-state index in [1.165, 1.54) is 6.07 Å². The van der Waals surface area contributed by atoms with Crippen LogP contribution in [0.25, 0.3) is 6.08 Å². The third-order valence-electron chi connectivity index (χ3n) is 2.00. The number of hydrogen-bond donors (Lipinski definition) is 2. The number of nitrogens with one attached hydrogen (secondary N) is 1. The van der Waals surface area contributed by atoms with E-state index in [1.54, 1.807) is 0 Å². The number of nitrogens with two attached hydrogens (primary N) is 1. The zero-order valence-electron chi connectivity index (χ0n) is 8.25. The van der Waals surface area contributed by atoms with E-state index in [9.17, 15) is 19.7 Å². The zero-order chi connectivity index (χ0) is 12.6. The highest BCUT2D eigenvalue weighted by atomic mass is 16.6. The Kier molecular flexibility index (Phi) is 2.37. The molecule has 0 spiro atoms. The lowest BCUT2D eigenvalue weighted by Crippen LogP contribution is -2.33. The van der Waals surface area contributed by atoms with Crippen molar-refractivity contribution in [2.45, 2.75) is 0 Å². The number of urea groups is 1. The van der Waals surface area contributed by atoms with Gasteiger partial charge in [-0.05, 0) is 6.07 Å². The van der Waals surface area contributed by atoms with Crippen molar-refractivity contribution in [3.8, 4) is 0 Å². The molecule has 1 aliphatic heterocycles. The van der Waals surface area contributed by atoms with Gasteiger partial charge in [-0.1, -0.05) is 0 Å². The number of hydrazine groups is 1. The summed E-state index contributed by atoms with van der Waals surface area (Å²) < 4.78 is 4.79. The van der Waals surface area contributed by atoms with Gasteiger partial charge in [0.25, 0.3) is 5.91 Å². The van der Waals surface area contributed by atoms with E-state index in [0.717, 1.165) is 12.1 Å². The highest BCUT2D eigenvalue weighted by molar-refractivity contribution is 6.13. The van der Waals surface area contributed by atoms with Crippen LogP contribution in [0.3, 0.4) is 0 Å². The molecule has 17 heavy (non-hydrogen) atoms. The minimum absolute atomic E-state index is 0.0481. The van der Waals surface area contributed by atoms with Crippen LogP contribution in [0.15, 0.2) is 22.2 Å². The third-order valence-corrected chi connectivity index (χ3v) is 2.00. The van der Waals surface area contributed by atoms with E-state index in [0.29, 0.717) is 5.01 Å². The van der Waals surface area contributed by atoms with Crippen molar-refractivity contribution in [2.75, 3.05) is 0 Å². The maximum atomic E-state index is 11.2. The van der Waals surface area contributed by atoms with Gasteiger partial charge in [0, 0.05) is 6.08 Å². The molecule has 9 nitrogen and oxygen atoms in total. The highest BCUT2D eigenvalue weighted by Gasteiger charge is 2.31. The Labute approximate surface area is 93.6 Å². The van der Waals surface area contributed by atoms with Gasteiger partial charge < -0.3 is 4.42 Å². The van der Waals surface area contributed by atoms with Gasteiger partial charge in [-0.25, -0.2) is 15.6 Å². The minimum atomic E-state index is -0.776. The SMILES string of the molecule is NN1C(=O)NC(=O)C1=Cc1ccc([N+](=O)[O-])o1. The summed E-state index contributed by atoms with van der Waals surface area (Å²) in [5.41, 5.74) is -0.153. The van der Waals surface area contributed by atoms with E-state index in [-0.39, 0.29) is 11.5 Å². The standard InChI is InChI=1S/C8H6N4O5/c9-11-5(7(13)10-8(11)14)3-4-1-2-6(17-4)12(15)16/h1-3H,9H2,(H,10,13,14). The Morgan fingerprint density at radius 3 is 2.65 bits per heavy atom. The van der Waals surface area contributed by atoms with Gasteiger partial charge in [-0.15, -0.1) is 0 Å². The smallest absolute Gasteiger partial charge is 0.401 e. The summed E-state index contributed by atoms with van der Waals surface area (Å²) in [6.07, 6.45) is 1.13. The second kappa shape index (κ2) is 3.72. The summed E-state index contributed by atoms with van der Waals surface area (Å²) in [6, 6.07) is 1.64. The maximum Gasteiger partial charge on any atom is 0.433 e. The Morgan fingerprint density at radius 1 is 1.47 bits per heavy atom. The van der Waals surface area contributed by atoms with Crippen LogP contribution in [0.5, 0.6) is 0 Å². The van der Waals surface area contributed by atoms with Gasteiger partial charge in [0.15, 0.2) is 0 Å². The van der Waals surface area contributed by atoms with Crippen molar-refractivity contribution < 1.29 is 18.9 Å². The lowest BCUT2D eigenvalue weighted by molar-refractivity contribution is -0.402. The molecule has 0 bridgehead atoms. The second-order valence-electron chi connectivity index (χ2n) is 3.09. The van der Waals surface area contributed by atoms with Crippen molar-refractivity contribution >= 4 is 23.9 Å². The summed E-state index contributed by atoms with van der Waals surface area (Å²) in [5.74, 6) is 4.17. The topological polar surface area (TPSA) is 132 Å². The van der Waals surface area contributed by atoms with E-state index in [1.807, 2.05) is 5.32 Å². The average Bonchev–Trinajstić information content (AvgIpc) is 2.80. The van der Waals surface area contributed by atoms with Crippen LogP contribution in [-0.2, 0) is 4.79 Å². The number of carbonyl (C=O) groups excluding carboxylic acids is 2. The maximum absolute atomic E-state index is 11.2. The number of amides is 3. The Hall–Kier alpha value is -2.68. The van der Waals surface area contributed by atoms with Gasteiger partial charge >= 0.3 is 11.9 Å². The number of hydrogen-bond acceptors (Lipinski definition) is 6. The molecule has 1 aromatic heterocycles. The molecule has 9 heteroatoms. The first-order chi connectivity index (χ1) is 7.99. The second-order valence-corrected chi connectivity index (χ2v) is 3.09. The summed E-state index contributed by atoms with van der Waals surface area (Å²) in [4.78, 5) is 31.9. The van der Waals surface area contributed by atoms with E-state index in [2.05, 4.69) is 0 Å². The number of imide groups is 1. The zero-order valence-corrected chi connectivity index (χ0v) is 8.25. The van der Waals surface area contributed by atoms with Crippen LogP contribution >= 0.6 is 0 Å². The molecule has 1 aromatic rings. The first-order valence-electron chi connectivity index (χ1n) is 4.35. The van der Waals surface area contributed by atoms with Gasteiger partial charge in [-0.2, -0.15) is 0 Å². The van der Waals surface area contributed by atoms with Crippen molar-refractivity contribution in [2.24, 2.45) is 5.84 Å². The van der Waals surface area contributed by atoms with E-state index < -0.39 is 22.7 Å². The van der Waals surface area contributed by atoms with Gasteiger partial charge in [0.1, 0.15) is 16.4 Å². The minimum Gasteiger partial charge on any atom is -0.401 e. The van der Waals surface area contributed by atoms with Crippen LogP contribution in [-0.4, -0.2) is 21.9 Å². The van der Waals surface area contributed by atoms with Gasteiger partial charge in [0.05, 0.1) is 6.07 Å². The molecule has 1 saturated heterocycles. The van der Waals surface area contributed by atoms with Crippen LogP contribution in [0.4, 0.5) is 10.7 Å². The fraction of sp³-hybridized carbons (Fsp3) is 0. The normalized spacial score (nSPS) is 17.7. The van der Waals surface area contributed by atoms with Gasteiger partial charge in [0.2, 0.25) is 0 Å². The highest BCUT2D eigenvalue weighted by Crippen LogP contribution is 2.19. The predicted octanol–water partition coefficient (Wildman–Crippen LogP) is -0.0458. The largest absolute Gasteiger partial charge is 0.433 e. The molecule has 0 radical (unpaired) electrons. The molecule has 88 valence electrons. The number of carbonyl (C=O) groups is 2. The summed E-state index contributed by atoms with van der Waals surface area (Å²) in [7, 11) is 0. The molecule has 3 amide bonds. The molecular formula is C8H6N4O5. The Bertz CT molecular complexity index is 546. The summed E-state index contributed by atoms with van der Waals surface area (Å²) in [5, 5.41) is 12.9. The fourth-order valence-electron chi connectivity index (χ4n) is 1.23. The van der Waals surface area contributed by atoms with Crippen LogP contribution in [0, 0.1) is 10.1 Å². The van der Waals surface area contributed by atoms with Crippen LogP contribution < -0.4 is 11.2 Å². The Balaban J connectivity index is 2.32. The summed E-state index contributed by atoms with van der Waals surface area (Å²) >= 11 is 0. The Morgan fingerprint density at radius 2 is 2.18 bits per heavy atom. The number of rotatable bonds is 2. The predicted molar refractivity (Wildman–Crippen MR) is 52.9 cm³/mol. The molecule has 0 aliphatic carbocycles. The quantitative estimate of drug-likeness (QED) is 0.185. The first-order valence-corrected chi connectivity index (χ1v) is 4.35. The molecular weight excluding hydrogens is 232 g/mol. The molecule has 3 N–H and O–H groups in total. The van der Waals surface area contributed by atoms with Crippen molar-refractivity contribution in [1.29, 1.82) is 0 Å². The fourth-order valence-corrected chi connectivity index (χ4v) is 1.23. The van der Waals surface area contributed by atoms with Gasteiger partial charge in [-0.3, -0.25) is 20.2 Å². The third kappa shape index (κ3) is 1.86. The molecule has 1 aliphatic rings. The molecule has 0 aromatic carbocycles. The molecule has 0 unspecified atom stereocenters. The molecule has 0 saturated carbocycles. The molecule has 1 fully saturated rings. The lowest BCUT2D eigenvalue weighted by atomic mass is 10.3. The van der Waals surface area contributed by atoms with Crippen molar-refractivity contribution in [1.82, 2.24) is 10.3 Å². The molecule has 0 atom stereocenters. The number of nitrogens with zero attached hydrogens (tertiary/aromatic N) is 2. The molecule has 2 rings (SSSR count). The van der Waals surface area contributed by atoms with E-state index >= 15 is 0 Å². The average molecular weight is 238 g/mol. The monoisotopic (exact) mass is 238 g/mol.